The number of halogens is 1. The fourth-order valence-electron chi connectivity index (χ4n) is 0.998. The minimum absolute atomic E-state index is 0.0520. The summed E-state index contributed by atoms with van der Waals surface area (Å²) in [6.45, 7) is 0.354. The monoisotopic (exact) mass is 220 g/mol. The molecule has 0 aromatic heterocycles. The second-order valence-electron chi connectivity index (χ2n) is 3.13. The molecule has 0 fully saturated rings. The van der Waals surface area contributed by atoms with Gasteiger partial charge in [-0.15, -0.1) is 0 Å². The van der Waals surface area contributed by atoms with E-state index >= 15 is 0 Å². The highest BCUT2D eigenvalue weighted by atomic mass is 19.1. The molecule has 0 aliphatic heterocycles. The maximum Gasteiger partial charge on any atom is 0.323 e. The lowest BCUT2D eigenvalue weighted by molar-refractivity contribution is -0.135. The lowest BCUT2D eigenvalue weighted by Gasteiger charge is -2.16. The number of hydrogen-bond acceptors (Lipinski definition) is 5. The van der Waals surface area contributed by atoms with Crippen LogP contribution in [-0.2, 0) is 9.59 Å². The van der Waals surface area contributed by atoms with Crippen molar-refractivity contribution < 1.29 is 14.0 Å². The van der Waals surface area contributed by atoms with Crippen molar-refractivity contribution in [2.45, 2.75) is 24.9 Å². The van der Waals surface area contributed by atoms with Gasteiger partial charge in [-0.05, 0) is 25.9 Å². The number of amides is 1. The molecule has 6 nitrogen and oxygen atoms in total. The normalized spacial score (nSPS) is 14.4. The van der Waals surface area contributed by atoms with E-state index in [0.717, 1.165) is 0 Å². The van der Waals surface area contributed by atoms with Crippen LogP contribution in [0.2, 0.25) is 0 Å². The van der Waals surface area contributed by atoms with Gasteiger partial charge in [-0.3, -0.25) is 9.59 Å². The van der Waals surface area contributed by atoms with Gasteiger partial charge in [0.05, 0.1) is 6.04 Å². The molecule has 0 unspecified atom stereocenters. The zero-order chi connectivity index (χ0) is 11.8. The molecule has 0 heterocycles. The Morgan fingerprint density at radius 1 is 1.20 bits per heavy atom. The summed E-state index contributed by atoms with van der Waals surface area (Å²) in [7, 11) is 0. The van der Waals surface area contributed by atoms with E-state index in [0.29, 0.717) is 0 Å². The van der Waals surface area contributed by atoms with Crippen molar-refractivity contribution >= 4 is 11.9 Å². The molecule has 0 spiro atoms. The van der Waals surface area contributed by atoms with E-state index in [2.05, 4.69) is 5.32 Å². The topological polar surface area (TPSA) is 124 Å². The Morgan fingerprint density at radius 2 is 1.73 bits per heavy atom. The highest BCUT2D eigenvalue weighted by Gasteiger charge is 2.22. The van der Waals surface area contributed by atoms with Gasteiger partial charge in [-0.1, -0.05) is 0 Å². The molecule has 0 aliphatic rings. The molecular weight excluding hydrogens is 203 g/mol. The third-order valence-electron chi connectivity index (χ3n) is 1.86. The smallest absolute Gasteiger partial charge is 0.323 e. The summed E-state index contributed by atoms with van der Waals surface area (Å²) >= 11 is 0. The minimum atomic E-state index is -1.62. The summed E-state index contributed by atoms with van der Waals surface area (Å²) in [6.07, 6.45) is 0.331. The zero-order valence-corrected chi connectivity index (χ0v) is 8.41. The van der Waals surface area contributed by atoms with E-state index < -0.39 is 24.0 Å². The molecule has 0 aromatic carbocycles. The summed E-state index contributed by atoms with van der Waals surface area (Å²) in [4.78, 5) is 21.7. The van der Waals surface area contributed by atoms with Gasteiger partial charge in [0.1, 0.15) is 6.04 Å². The maximum atomic E-state index is 12.4. The Hall–Kier alpha value is -1.05. The van der Waals surface area contributed by atoms with E-state index in [1.165, 1.54) is 0 Å². The van der Waals surface area contributed by atoms with Crippen LogP contribution in [0, 0.1) is 0 Å². The number of hydrogen-bond donors (Lipinski definition) is 4. The van der Waals surface area contributed by atoms with Crippen LogP contribution in [-0.4, -0.2) is 37.1 Å². The molecule has 0 radical (unpaired) electrons. The Labute approximate surface area is 87.4 Å². The second-order valence-corrected chi connectivity index (χ2v) is 3.13. The van der Waals surface area contributed by atoms with Crippen LogP contribution in [0.25, 0.3) is 0 Å². The van der Waals surface area contributed by atoms with Crippen LogP contribution in [0.15, 0.2) is 0 Å². The average Bonchev–Trinajstić information content (AvgIpc) is 2.17. The van der Waals surface area contributed by atoms with Gasteiger partial charge in [0, 0.05) is 0 Å². The SMILES string of the molecule is NCC[C@H](NC(=O)[C@@H](N)CCN)C(=O)F. The van der Waals surface area contributed by atoms with Gasteiger partial charge in [0.25, 0.3) is 0 Å². The Bertz CT molecular complexity index is 225. The van der Waals surface area contributed by atoms with Crippen LogP contribution in [0.4, 0.5) is 4.39 Å². The molecule has 15 heavy (non-hydrogen) atoms. The van der Waals surface area contributed by atoms with Crippen molar-refractivity contribution in [1.82, 2.24) is 5.32 Å². The van der Waals surface area contributed by atoms with Crippen LogP contribution >= 0.6 is 0 Å². The molecule has 88 valence electrons. The molecule has 0 bridgehead atoms. The van der Waals surface area contributed by atoms with Gasteiger partial charge in [0.15, 0.2) is 0 Å². The third kappa shape index (κ3) is 5.40. The van der Waals surface area contributed by atoms with Crippen LogP contribution < -0.4 is 22.5 Å². The molecular formula is C8H17FN4O2. The highest BCUT2D eigenvalue weighted by Crippen LogP contribution is 1.96. The lowest BCUT2D eigenvalue weighted by atomic mass is 10.1. The van der Waals surface area contributed by atoms with Crippen molar-refractivity contribution in [2.24, 2.45) is 17.2 Å². The number of carbonyl (C=O) groups is 2. The number of carbonyl (C=O) groups excluding carboxylic acids is 2. The van der Waals surface area contributed by atoms with Gasteiger partial charge in [0.2, 0.25) is 5.91 Å². The average molecular weight is 220 g/mol. The van der Waals surface area contributed by atoms with Gasteiger partial charge in [-0.2, -0.15) is 4.39 Å². The molecule has 0 rings (SSSR count). The summed E-state index contributed by atoms with van der Waals surface area (Å²) in [5.74, 6) is -0.593. The quantitative estimate of drug-likeness (QED) is 0.369. The van der Waals surface area contributed by atoms with Crippen molar-refractivity contribution in [3.8, 4) is 0 Å². The molecule has 1 amide bonds. The molecule has 0 aliphatic carbocycles. The van der Waals surface area contributed by atoms with Crippen LogP contribution in [0.5, 0.6) is 0 Å². The zero-order valence-electron chi connectivity index (χ0n) is 8.41. The van der Waals surface area contributed by atoms with E-state index in [1.807, 2.05) is 0 Å². The maximum absolute atomic E-state index is 12.4. The van der Waals surface area contributed by atoms with Crippen LogP contribution in [0.3, 0.4) is 0 Å². The Morgan fingerprint density at radius 3 is 2.13 bits per heavy atom. The number of nitrogens with one attached hydrogen (secondary N) is 1. The van der Waals surface area contributed by atoms with Crippen molar-refractivity contribution in [2.75, 3.05) is 13.1 Å². The summed E-state index contributed by atoms with van der Waals surface area (Å²) in [5.41, 5.74) is 15.8. The highest BCUT2D eigenvalue weighted by molar-refractivity contribution is 5.86. The Kier molecular flexibility index (Phi) is 6.76. The predicted molar refractivity (Wildman–Crippen MR) is 53.4 cm³/mol. The first-order chi connectivity index (χ1) is 7.02. The van der Waals surface area contributed by atoms with Crippen molar-refractivity contribution in [1.29, 1.82) is 0 Å². The van der Waals surface area contributed by atoms with E-state index in [1.54, 1.807) is 0 Å². The van der Waals surface area contributed by atoms with Crippen molar-refractivity contribution in [3.05, 3.63) is 0 Å². The standard InChI is InChI=1S/C8H17FN4O2/c9-7(14)6(2-4-11)13-8(15)5(12)1-3-10/h5-6H,1-4,10-12H2,(H,13,15)/t5-,6-/m0/s1. The molecule has 7 N–H and O–H groups in total. The first-order valence-corrected chi connectivity index (χ1v) is 4.68. The second kappa shape index (κ2) is 7.27. The number of rotatable bonds is 7. The molecule has 2 atom stereocenters. The first-order valence-electron chi connectivity index (χ1n) is 4.68. The summed E-state index contributed by atoms with van der Waals surface area (Å²) in [5, 5.41) is 2.18. The van der Waals surface area contributed by atoms with Gasteiger partial charge in [-0.25, -0.2) is 0 Å². The fourth-order valence-corrected chi connectivity index (χ4v) is 0.998. The van der Waals surface area contributed by atoms with Crippen LogP contribution in [0.1, 0.15) is 12.8 Å². The number of nitrogens with two attached hydrogens (primary N) is 3. The minimum Gasteiger partial charge on any atom is -0.342 e. The van der Waals surface area contributed by atoms with Crippen molar-refractivity contribution in [3.63, 3.8) is 0 Å². The molecule has 0 saturated heterocycles. The van der Waals surface area contributed by atoms with Gasteiger partial charge < -0.3 is 22.5 Å². The van der Waals surface area contributed by atoms with E-state index in [-0.39, 0.29) is 25.9 Å². The summed E-state index contributed by atoms with van der Waals surface area (Å²) < 4.78 is 12.4. The fraction of sp³-hybridized carbons (Fsp3) is 0.750. The van der Waals surface area contributed by atoms with Gasteiger partial charge >= 0.3 is 6.04 Å². The Balaban J connectivity index is 4.15. The predicted octanol–water partition coefficient (Wildman–Crippen LogP) is -2.01. The van der Waals surface area contributed by atoms with E-state index in [4.69, 9.17) is 17.2 Å². The molecule has 0 aromatic rings. The largest absolute Gasteiger partial charge is 0.342 e. The van der Waals surface area contributed by atoms with E-state index in [9.17, 15) is 14.0 Å². The third-order valence-corrected chi connectivity index (χ3v) is 1.86. The first kappa shape index (κ1) is 13.9. The molecule has 7 heteroatoms. The molecule has 0 saturated carbocycles. The summed E-state index contributed by atoms with van der Waals surface area (Å²) in [6, 6.07) is -3.64. The lowest BCUT2D eigenvalue weighted by Crippen LogP contribution is -2.48.